The van der Waals surface area contributed by atoms with Crippen molar-refractivity contribution in [2.24, 2.45) is 0 Å². The van der Waals surface area contributed by atoms with Crippen molar-refractivity contribution in [3.05, 3.63) is 48.1 Å². The van der Waals surface area contributed by atoms with Crippen molar-refractivity contribution in [1.29, 1.82) is 0 Å². The Labute approximate surface area is 144 Å². The van der Waals surface area contributed by atoms with Gasteiger partial charge in [-0.3, -0.25) is 0 Å². The van der Waals surface area contributed by atoms with Crippen LogP contribution in [0.3, 0.4) is 0 Å². The van der Waals surface area contributed by atoms with E-state index in [1.165, 1.54) is 0 Å². The van der Waals surface area contributed by atoms with Gasteiger partial charge >= 0.3 is 6.18 Å². The summed E-state index contributed by atoms with van der Waals surface area (Å²) in [6, 6.07) is 7.85. The van der Waals surface area contributed by atoms with E-state index >= 15 is 0 Å². The fourth-order valence-corrected chi connectivity index (χ4v) is 2.52. The predicted molar refractivity (Wildman–Crippen MR) is 82.9 cm³/mol. The Morgan fingerprint density at radius 3 is 2.56 bits per heavy atom. The Balaban J connectivity index is 1.67. The summed E-state index contributed by atoms with van der Waals surface area (Å²) in [6.07, 6.45) is -3.45. The van der Waals surface area contributed by atoms with Gasteiger partial charge in [-0.25, -0.2) is 9.97 Å². The first-order valence-electron chi connectivity index (χ1n) is 6.95. The summed E-state index contributed by atoms with van der Waals surface area (Å²) in [7, 11) is 1.56. The summed E-state index contributed by atoms with van der Waals surface area (Å²) in [4.78, 5) is 7.27. The van der Waals surface area contributed by atoms with Crippen LogP contribution in [-0.4, -0.2) is 27.3 Å². The molecule has 0 fully saturated rings. The smallest absolute Gasteiger partial charge is 0.433 e. The second kappa shape index (κ2) is 7.09. The summed E-state index contributed by atoms with van der Waals surface area (Å²) in [5.74, 6) is 1.42. The number of methoxy groups -OCH3 is 1. The van der Waals surface area contributed by atoms with Gasteiger partial charge in [0.15, 0.2) is 5.16 Å². The van der Waals surface area contributed by atoms with E-state index in [9.17, 15) is 13.2 Å². The van der Waals surface area contributed by atoms with Crippen LogP contribution >= 0.6 is 11.8 Å². The SMILES string of the molecule is COc1ccc(-c2nnc(CSc3nccc(C(F)(F)F)n3)o2)cc1. The molecule has 1 aromatic carbocycles. The van der Waals surface area contributed by atoms with Crippen LogP contribution in [-0.2, 0) is 11.9 Å². The van der Waals surface area contributed by atoms with Gasteiger partial charge in [0, 0.05) is 11.8 Å². The summed E-state index contributed by atoms with van der Waals surface area (Å²) < 4.78 is 48.4. The van der Waals surface area contributed by atoms with Crippen LogP contribution in [0, 0.1) is 0 Å². The minimum atomic E-state index is -4.51. The maximum atomic E-state index is 12.6. The average Bonchev–Trinajstić information content (AvgIpc) is 3.08. The summed E-state index contributed by atoms with van der Waals surface area (Å²) in [6.45, 7) is 0. The van der Waals surface area contributed by atoms with Crippen molar-refractivity contribution in [2.45, 2.75) is 17.1 Å². The van der Waals surface area contributed by atoms with Crippen LogP contribution in [0.4, 0.5) is 13.2 Å². The van der Waals surface area contributed by atoms with Gasteiger partial charge in [-0.1, -0.05) is 11.8 Å². The Morgan fingerprint density at radius 2 is 1.88 bits per heavy atom. The van der Waals surface area contributed by atoms with E-state index in [1.807, 2.05) is 0 Å². The lowest BCUT2D eigenvalue weighted by Crippen LogP contribution is -2.08. The molecular weight excluding hydrogens is 357 g/mol. The Kier molecular flexibility index (Phi) is 4.88. The van der Waals surface area contributed by atoms with Crippen LogP contribution in [0.25, 0.3) is 11.5 Å². The summed E-state index contributed by atoms with van der Waals surface area (Å²) in [5.41, 5.74) is -0.283. The molecule has 0 aliphatic rings. The van der Waals surface area contributed by atoms with Gasteiger partial charge in [-0.15, -0.1) is 10.2 Å². The normalized spacial score (nSPS) is 11.5. The van der Waals surface area contributed by atoms with E-state index in [0.717, 1.165) is 24.0 Å². The first-order chi connectivity index (χ1) is 12.0. The number of rotatable bonds is 5. The Hall–Kier alpha value is -2.62. The lowest BCUT2D eigenvalue weighted by molar-refractivity contribution is -0.141. The largest absolute Gasteiger partial charge is 0.497 e. The minimum absolute atomic E-state index is 0.0148. The maximum Gasteiger partial charge on any atom is 0.433 e. The topological polar surface area (TPSA) is 73.9 Å². The number of benzene rings is 1. The molecule has 0 N–H and O–H groups in total. The molecule has 0 aliphatic carbocycles. The van der Waals surface area contributed by atoms with Gasteiger partial charge in [0.05, 0.1) is 12.9 Å². The number of alkyl halides is 3. The van der Waals surface area contributed by atoms with Crippen LogP contribution < -0.4 is 4.74 Å². The van der Waals surface area contributed by atoms with Gasteiger partial charge < -0.3 is 9.15 Å². The lowest BCUT2D eigenvalue weighted by Gasteiger charge is -2.05. The zero-order valence-corrected chi connectivity index (χ0v) is 13.6. The van der Waals surface area contributed by atoms with Crippen LogP contribution in [0.2, 0.25) is 0 Å². The van der Waals surface area contributed by atoms with Crippen LogP contribution in [0.15, 0.2) is 46.1 Å². The molecule has 0 saturated heterocycles. The van der Waals surface area contributed by atoms with E-state index in [4.69, 9.17) is 9.15 Å². The van der Waals surface area contributed by atoms with E-state index in [-0.39, 0.29) is 16.8 Å². The molecule has 130 valence electrons. The highest BCUT2D eigenvalue weighted by molar-refractivity contribution is 7.98. The monoisotopic (exact) mass is 368 g/mol. The van der Waals surface area contributed by atoms with E-state index in [1.54, 1.807) is 31.4 Å². The molecule has 2 heterocycles. The van der Waals surface area contributed by atoms with Crippen molar-refractivity contribution >= 4 is 11.8 Å². The molecule has 0 atom stereocenters. The molecule has 25 heavy (non-hydrogen) atoms. The molecule has 0 unspecified atom stereocenters. The number of thioether (sulfide) groups is 1. The Morgan fingerprint density at radius 1 is 1.12 bits per heavy atom. The van der Waals surface area contributed by atoms with E-state index in [0.29, 0.717) is 17.2 Å². The van der Waals surface area contributed by atoms with Crippen molar-refractivity contribution in [3.63, 3.8) is 0 Å². The first kappa shape index (κ1) is 17.2. The predicted octanol–water partition coefficient (Wildman–Crippen LogP) is 3.85. The van der Waals surface area contributed by atoms with Gasteiger partial charge in [0.2, 0.25) is 11.8 Å². The van der Waals surface area contributed by atoms with Crippen molar-refractivity contribution in [1.82, 2.24) is 20.2 Å². The molecule has 0 aliphatic heterocycles. The first-order valence-corrected chi connectivity index (χ1v) is 7.94. The number of hydrogen-bond donors (Lipinski definition) is 0. The quantitative estimate of drug-likeness (QED) is 0.500. The number of aromatic nitrogens is 4. The molecule has 3 rings (SSSR count). The minimum Gasteiger partial charge on any atom is -0.497 e. The molecule has 0 radical (unpaired) electrons. The van der Waals surface area contributed by atoms with Crippen LogP contribution in [0.1, 0.15) is 11.6 Å². The lowest BCUT2D eigenvalue weighted by atomic mass is 10.2. The molecular formula is C15H11F3N4O2S. The van der Waals surface area contributed by atoms with Crippen molar-refractivity contribution in [2.75, 3.05) is 7.11 Å². The number of nitrogens with zero attached hydrogens (tertiary/aromatic N) is 4. The fourth-order valence-electron chi connectivity index (χ4n) is 1.86. The molecule has 0 spiro atoms. The highest BCUT2D eigenvalue weighted by Crippen LogP contribution is 2.29. The van der Waals surface area contributed by atoms with Gasteiger partial charge in [0.25, 0.3) is 0 Å². The summed E-state index contributed by atoms with van der Waals surface area (Å²) >= 11 is 0.980. The second-order valence-electron chi connectivity index (χ2n) is 4.74. The van der Waals surface area contributed by atoms with E-state index < -0.39 is 11.9 Å². The van der Waals surface area contributed by atoms with Crippen LogP contribution in [0.5, 0.6) is 5.75 Å². The highest BCUT2D eigenvalue weighted by atomic mass is 32.2. The average molecular weight is 368 g/mol. The molecule has 0 amide bonds. The zero-order valence-electron chi connectivity index (χ0n) is 12.8. The molecule has 6 nitrogen and oxygen atoms in total. The number of ether oxygens (including phenoxy) is 1. The molecule has 0 saturated carbocycles. The molecule has 3 aromatic rings. The Bertz CT molecular complexity index is 852. The number of halogens is 3. The maximum absolute atomic E-state index is 12.6. The fraction of sp³-hybridized carbons (Fsp3) is 0.200. The van der Waals surface area contributed by atoms with Gasteiger partial charge in [-0.05, 0) is 30.3 Å². The van der Waals surface area contributed by atoms with Crippen molar-refractivity contribution in [3.8, 4) is 17.2 Å². The summed E-state index contributed by atoms with van der Waals surface area (Å²) in [5, 5.41) is 7.78. The molecule has 2 aromatic heterocycles. The third-order valence-corrected chi connectivity index (χ3v) is 3.90. The third kappa shape index (κ3) is 4.27. The third-order valence-electron chi connectivity index (χ3n) is 3.05. The zero-order chi connectivity index (χ0) is 17.9. The van der Waals surface area contributed by atoms with Gasteiger partial charge in [0.1, 0.15) is 11.4 Å². The highest BCUT2D eigenvalue weighted by Gasteiger charge is 2.32. The standard InChI is InChI=1S/C15H11F3N4O2S/c1-23-10-4-2-9(3-5-10)13-22-21-12(24-13)8-25-14-19-7-6-11(20-14)15(16,17)18/h2-7H,8H2,1H3. The molecule has 10 heteroatoms. The van der Waals surface area contributed by atoms with Gasteiger partial charge in [-0.2, -0.15) is 13.2 Å². The molecule has 0 bridgehead atoms. The number of hydrogen-bond acceptors (Lipinski definition) is 7. The van der Waals surface area contributed by atoms with Crippen molar-refractivity contribution < 1.29 is 22.3 Å². The second-order valence-corrected chi connectivity index (χ2v) is 5.68. The van der Waals surface area contributed by atoms with E-state index in [2.05, 4.69) is 20.2 Å².